The molecule has 0 heterocycles. The van der Waals surface area contributed by atoms with E-state index in [4.69, 9.17) is 15.1 Å². The molecular formula is C11H13NO5. The van der Waals surface area contributed by atoms with Crippen LogP contribution in [0.5, 0.6) is 0 Å². The van der Waals surface area contributed by atoms with Crippen molar-refractivity contribution >= 4 is 11.9 Å². The zero-order valence-electron chi connectivity index (χ0n) is 9.07. The number of carbonyl (C=O) groups is 2. The zero-order chi connectivity index (χ0) is 12.7. The van der Waals surface area contributed by atoms with Gasteiger partial charge in [-0.05, 0) is 5.56 Å². The maximum absolute atomic E-state index is 10.5. The summed E-state index contributed by atoms with van der Waals surface area (Å²) in [4.78, 5) is 26.1. The van der Waals surface area contributed by atoms with E-state index >= 15 is 0 Å². The molecule has 6 nitrogen and oxygen atoms in total. The smallest absolute Gasteiger partial charge is 0.320 e. The molecule has 0 aromatic heterocycles. The summed E-state index contributed by atoms with van der Waals surface area (Å²) in [6.07, 6.45) is 0. The SMILES string of the molecule is O=C(O)CN(CC(=O)O)OCc1ccccc1. The lowest BCUT2D eigenvalue weighted by atomic mass is 10.2. The second-order valence-corrected chi connectivity index (χ2v) is 3.34. The summed E-state index contributed by atoms with van der Waals surface area (Å²) in [5, 5.41) is 18.1. The third-order valence-electron chi connectivity index (χ3n) is 1.88. The Balaban J connectivity index is 2.48. The first-order valence-electron chi connectivity index (χ1n) is 4.93. The van der Waals surface area contributed by atoms with Crippen molar-refractivity contribution in [3.8, 4) is 0 Å². The van der Waals surface area contributed by atoms with E-state index < -0.39 is 25.0 Å². The van der Waals surface area contributed by atoms with Crippen LogP contribution in [0, 0.1) is 0 Å². The molecule has 0 fully saturated rings. The van der Waals surface area contributed by atoms with Gasteiger partial charge >= 0.3 is 11.9 Å². The summed E-state index contributed by atoms with van der Waals surface area (Å²) in [5.74, 6) is -2.28. The van der Waals surface area contributed by atoms with E-state index in [-0.39, 0.29) is 6.61 Å². The molecule has 1 rings (SSSR count). The first-order valence-corrected chi connectivity index (χ1v) is 4.93. The highest BCUT2D eigenvalue weighted by Crippen LogP contribution is 2.02. The Morgan fingerprint density at radius 2 is 1.59 bits per heavy atom. The van der Waals surface area contributed by atoms with Crippen molar-refractivity contribution in [3.63, 3.8) is 0 Å². The highest BCUT2D eigenvalue weighted by atomic mass is 16.7. The first kappa shape index (κ1) is 13.1. The average molecular weight is 239 g/mol. The summed E-state index contributed by atoms with van der Waals surface area (Å²) in [5.41, 5.74) is 0.841. The number of hydroxylamine groups is 2. The van der Waals surface area contributed by atoms with Gasteiger partial charge in [-0.25, -0.2) is 0 Å². The topological polar surface area (TPSA) is 87.1 Å². The van der Waals surface area contributed by atoms with Crippen molar-refractivity contribution < 1.29 is 24.6 Å². The first-order chi connectivity index (χ1) is 8.08. The van der Waals surface area contributed by atoms with Crippen LogP contribution in [0.3, 0.4) is 0 Å². The third-order valence-corrected chi connectivity index (χ3v) is 1.88. The summed E-state index contributed by atoms with van der Waals surface area (Å²) >= 11 is 0. The van der Waals surface area contributed by atoms with Crippen LogP contribution in [0.15, 0.2) is 30.3 Å². The number of benzene rings is 1. The molecule has 0 atom stereocenters. The van der Waals surface area contributed by atoms with Gasteiger partial charge in [0.15, 0.2) is 0 Å². The molecule has 0 aliphatic rings. The number of carboxylic acids is 2. The molecule has 0 saturated heterocycles. The normalized spacial score (nSPS) is 10.4. The highest BCUT2D eigenvalue weighted by Gasteiger charge is 2.14. The molecule has 0 unspecified atom stereocenters. The van der Waals surface area contributed by atoms with Gasteiger partial charge in [0.25, 0.3) is 0 Å². The highest BCUT2D eigenvalue weighted by molar-refractivity contribution is 5.72. The maximum Gasteiger partial charge on any atom is 0.320 e. The number of hydrogen-bond donors (Lipinski definition) is 2. The Kier molecular flexibility index (Phi) is 5.12. The van der Waals surface area contributed by atoms with Crippen LogP contribution in [0.4, 0.5) is 0 Å². The van der Waals surface area contributed by atoms with E-state index in [0.717, 1.165) is 10.6 Å². The zero-order valence-corrected chi connectivity index (χ0v) is 9.07. The number of carboxylic acid groups (broad SMARTS) is 2. The number of nitrogens with zero attached hydrogens (tertiary/aromatic N) is 1. The predicted octanol–water partition coefficient (Wildman–Crippen LogP) is 0.589. The quantitative estimate of drug-likeness (QED) is 0.677. The minimum atomic E-state index is -1.14. The lowest BCUT2D eigenvalue weighted by Gasteiger charge is -2.17. The van der Waals surface area contributed by atoms with Crippen molar-refractivity contribution in [1.82, 2.24) is 5.06 Å². The fourth-order valence-corrected chi connectivity index (χ4v) is 1.19. The Morgan fingerprint density at radius 3 is 2.06 bits per heavy atom. The summed E-state index contributed by atoms with van der Waals surface area (Å²) in [6, 6.07) is 9.09. The van der Waals surface area contributed by atoms with E-state index in [0.29, 0.717) is 0 Å². The standard InChI is InChI=1S/C11H13NO5/c13-10(14)6-12(7-11(15)16)17-8-9-4-2-1-3-5-9/h1-5H,6-8H2,(H,13,14)(H,15,16). The van der Waals surface area contributed by atoms with Crippen LogP contribution >= 0.6 is 0 Å². The maximum atomic E-state index is 10.5. The van der Waals surface area contributed by atoms with Crippen LogP contribution in [0.2, 0.25) is 0 Å². The van der Waals surface area contributed by atoms with E-state index in [1.165, 1.54) is 0 Å². The van der Waals surface area contributed by atoms with Crippen LogP contribution in [-0.4, -0.2) is 40.3 Å². The molecule has 2 N–H and O–H groups in total. The molecule has 0 aliphatic carbocycles. The minimum Gasteiger partial charge on any atom is -0.480 e. The van der Waals surface area contributed by atoms with Gasteiger partial charge in [-0.2, -0.15) is 5.06 Å². The Bertz CT molecular complexity index is 363. The molecule has 0 bridgehead atoms. The average Bonchev–Trinajstić information content (AvgIpc) is 2.26. The van der Waals surface area contributed by atoms with Crippen molar-refractivity contribution in [2.45, 2.75) is 6.61 Å². The molecule has 0 amide bonds. The lowest BCUT2D eigenvalue weighted by Crippen LogP contribution is -2.34. The molecule has 0 radical (unpaired) electrons. The van der Waals surface area contributed by atoms with Gasteiger partial charge in [-0.1, -0.05) is 30.3 Å². The minimum absolute atomic E-state index is 0.140. The molecule has 0 aliphatic heterocycles. The van der Waals surface area contributed by atoms with Crippen LogP contribution < -0.4 is 0 Å². The second-order valence-electron chi connectivity index (χ2n) is 3.34. The van der Waals surface area contributed by atoms with Gasteiger partial charge < -0.3 is 10.2 Å². The molecule has 0 spiro atoms. The van der Waals surface area contributed by atoms with E-state index in [2.05, 4.69) is 0 Å². The molecule has 17 heavy (non-hydrogen) atoms. The van der Waals surface area contributed by atoms with Gasteiger partial charge in [0.2, 0.25) is 0 Å². The number of aliphatic carboxylic acids is 2. The largest absolute Gasteiger partial charge is 0.480 e. The van der Waals surface area contributed by atoms with E-state index in [1.54, 1.807) is 12.1 Å². The Labute approximate surface area is 98.0 Å². The molecule has 6 heteroatoms. The molecule has 0 saturated carbocycles. The van der Waals surface area contributed by atoms with Crippen LogP contribution in [0.1, 0.15) is 5.56 Å². The van der Waals surface area contributed by atoms with Gasteiger partial charge in [0.05, 0.1) is 6.61 Å². The Hall–Kier alpha value is -1.92. The van der Waals surface area contributed by atoms with Crippen molar-refractivity contribution in [2.75, 3.05) is 13.1 Å². The Morgan fingerprint density at radius 1 is 1.06 bits per heavy atom. The van der Waals surface area contributed by atoms with Crippen molar-refractivity contribution in [2.24, 2.45) is 0 Å². The fraction of sp³-hybridized carbons (Fsp3) is 0.273. The molecule has 92 valence electrons. The summed E-state index contributed by atoms with van der Waals surface area (Å²) in [7, 11) is 0. The lowest BCUT2D eigenvalue weighted by molar-refractivity contribution is -0.190. The molecule has 1 aromatic rings. The summed E-state index contributed by atoms with van der Waals surface area (Å²) < 4.78 is 0. The number of rotatable bonds is 7. The number of hydrogen-bond acceptors (Lipinski definition) is 4. The van der Waals surface area contributed by atoms with Crippen molar-refractivity contribution in [3.05, 3.63) is 35.9 Å². The van der Waals surface area contributed by atoms with E-state index in [9.17, 15) is 9.59 Å². The van der Waals surface area contributed by atoms with E-state index in [1.807, 2.05) is 18.2 Å². The van der Waals surface area contributed by atoms with Gasteiger partial charge in [0.1, 0.15) is 13.1 Å². The van der Waals surface area contributed by atoms with Gasteiger partial charge in [0, 0.05) is 0 Å². The third kappa shape index (κ3) is 5.64. The fourth-order valence-electron chi connectivity index (χ4n) is 1.19. The predicted molar refractivity (Wildman–Crippen MR) is 58.1 cm³/mol. The van der Waals surface area contributed by atoms with Crippen LogP contribution in [0.25, 0.3) is 0 Å². The molecular weight excluding hydrogens is 226 g/mol. The van der Waals surface area contributed by atoms with Gasteiger partial charge in [-0.15, -0.1) is 0 Å². The van der Waals surface area contributed by atoms with Crippen LogP contribution in [-0.2, 0) is 21.0 Å². The second kappa shape index (κ2) is 6.62. The van der Waals surface area contributed by atoms with Crippen molar-refractivity contribution in [1.29, 1.82) is 0 Å². The molecule has 1 aromatic carbocycles. The monoisotopic (exact) mass is 239 g/mol. The van der Waals surface area contributed by atoms with Gasteiger partial charge in [-0.3, -0.25) is 14.4 Å². The summed E-state index contributed by atoms with van der Waals surface area (Å²) in [6.45, 7) is -0.806.